The second kappa shape index (κ2) is 8.66. The number of carbonyl (C=O) groups excluding carboxylic acids is 1. The van der Waals surface area contributed by atoms with Crippen molar-refractivity contribution in [2.75, 3.05) is 6.61 Å². The predicted octanol–water partition coefficient (Wildman–Crippen LogP) is 1.15. The Kier molecular flexibility index (Phi) is 6.30. The summed E-state index contributed by atoms with van der Waals surface area (Å²) < 4.78 is 6.84. The van der Waals surface area contributed by atoms with Crippen molar-refractivity contribution < 1.29 is 19.4 Å². The van der Waals surface area contributed by atoms with Gasteiger partial charge in [-0.3, -0.25) is 9.59 Å². The van der Waals surface area contributed by atoms with E-state index in [1.165, 1.54) is 10.9 Å². The minimum Gasteiger partial charge on any atom is -0.493 e. The van der Waals surface area contributed by atoms with Crippen LogP contribution in [-0.4, -0.2) is 38.6 Å². The maximum atomic E-state index is 11.8. The van der Waals surface area contributed by atoms with Gasteiger partial charge in [-0.15, -0.1) is 5.10 Å². The van der Waals surface area contributed by atoms with Crippen molar-refractivity contribution in [2.45, 2.75) is 32.9 Å². The summed E-state index contributed by atoms with van der Waals surface area (Å²) in [5.74, 6) is -0.284. The van der Waals surface area contributed by atoms with Crippen molar-refractivity contribution in [2.24, 2.45) is 0 Å². The smallest absolute Gasteiger partial charge is 0.325 e. The molecule has 2 rings (SSSR count). The lowest BCUT2D eigenvalue weighted by Crippen LogP contribution is -2.23. The van der Waals surface area contributed by atoms with E-state index in [-0.39, 0.29) is 19.0 Å². The van der Waals surface area contributed by atoms with Crippen LogP contribution >= 0.6 is 0 Å². The van der Waals surface area contributed by atoms with E-state index in [1.54, 1.807) is 0 Å². The monoisotopic (exact) mass is 332 g/mol. The average Bonchev–Trinajstić information content (AvgIpc) is 2.98. The summed E-state index contributed by atoms with van der Waals surface area (Å²) in [7, 11) is 0. The third-order valence-corrected chi connectivity index (χ3v) is 3.25. The molecule has 1 amide bonds. The van der Waals surface area contributed by atoms with Gasteiger partial charge in [0.2, 0.25) is 5.91 Å². The molecule has 0 saturated carbocycles. The van der Waals surface area contributed by atoms with Crippen molar-refractivity contribution in [3.05, 3.63) is 41.7 Å². The molecule has 24 heavy (non-hydrogen) atoms. The van der Waals surface area contributed by atoms with E-state index in [1.807, 2.05) is 31.2 Å². The summed E-state index contributed by atoms with van der Waals surface area (Å²) in [5.41, 5.74) is 1.58. The highest BCUT2D eigenvalue weighted by molar-refractivity contribution is 5.75. The zero-order chi connectivity index (χ0) is 17.4. The minimum absolute atomic E-state index is 0.115. The summed E-state index contributed by atoms with van der Waals surface area (Å²) >= 11 is 0. The summed E-state index contributed by atoms with van der Waals surface area (Å²) in [6.07, 6.45) is 2.44. The number of ether oxygens (including phenoxy) is 1. The Morgan fingerprint density at radius 1 is 1.33 bits per heavy atom. The first-order valence-corrected chi connectivity index (χ1v) is 7.60. The van der Waals surface area contributed by atoms with Gasteiger partial charge in [-0.2, -0.15) is 0 Å². The Hall–Kier alpha value is -2.90. The Labute approximate surface area is 139 Å². The maximum Gasteiger partial charge on any atom is 0.325 e. The molecule has 0 saturated heterocycles. The number of nitrogens with one attached hydrogen (secondary N) is 1. The fourth-order valence-corrected chi connectivity index (χ4v) is 2.05. The fraction of sp³-hybridized carbons (Fsp3) is 0.375. The molecule has 0 aliphatic rings. The number of carboxylic acids is 1. The molecular formula is C16H20N4O4. The van der Waals surface area contributed by atoms with Gasteiger partial charge in [0.05, 0.1) is 19.3 Å². The second-order valence-corrected chi connectivity index (χ2v) is 5.30. The summed E-state index contributed by atoms with van der Waals surface area (Å²) in [6.45, 7) is 2.40. The molecular weight excluding hydrogens is 312 g/mol. The van der Waals surface area contributed by atoms with E-state index in [0.717, 1.165) is 11.3 Å². The SMILES string of the molecule is Cc1ccccc1OCCCC(=O)NCc1cn(CC(=O)O)nn1. The number of aromatic nitrogens is 3. The fourth-order valence-electron chi connectivity index (χ4n) is 2.05. The molecule has 2 aromatic rings. The topological polar surface area (TPSA) is 106 Å². The van der Waals surface area contributed by atoms with Crippen LogP contribution in [0.5, 0.6) is 5.75 Å². The van der Waals surface area contributed by atoms with Crippen LogP contribution in [0.15, 0.2) is 30.5 Å². The second-order valence-electron chi connectivity index (χ2n) is 5.30. The zero-order valence-electron chi connectivity index (χ0n) is 13.4. The van der Waals surface area contributed by atoms with Gasteiger partial charge in [-0.05, 0) is 25.0 Å². The molecule has 0 aliphatic carbocycles. The van der Waals surface area contributed by atoms with E-state index in [2.05, 4.69) is 15.6 Å². The number of hydrogen-bond acceptors (Lipinski definition) is 5. The Morgan fingerprint density at radius 3 is 2.88 bits per heavy atom. The highest BCUT2D eigenvalue weighted by Crippen LogP contribution is 2.16. The van der Waals surface area contributed by atoms with Crippen molar-refractivity contribution in [3.63, 3.8) is 0 Å². The number of rotatable bonds is 9. The Balaban J connectivity index is 1.64. The normalized spacial score (nSPS) is 10.4. The summed E-state index contributed by atoms with van der Waals surface area (Å²) in [6, 6.07) is 7.73. The maximum absolute atomic E-state index is 11.8. The first-order chi connectivity index (χ1) is 11.5. The van der Waals surface area contributed by atoms with Gasteiger partial charge in [-0.25, -0.2) is 4.68 Å². The van der Waals surface area contributed by atoms with E-state index >= 15 is 0 Å². The molecule has 0 spiro atoms. The molecule has 2 N–H and O–H groups in total. The third kappa shape index (κ3) is 5.71. The van der Waals surface area contributed by atoms with Gasteiger partial charge in [0.1, 0.15) is 18.0 Å². The van der Waals surface area contributed by atoms with Crippen molar-refractivity contribution in [3.8, 4) is 5.75 Å². The van der Waals surface area contributed by atoms with E-state index < -0.39 is 5.97 Å². The molecule has 0 atom stereocenters. The lowest BCUT2D eigenvalue weighted by molar-refractivity contribution is -0.138. The van der Waals surface area contributed by atoms with Crippen LogP contribution in [0, 0.1) is 6.92 Å². The molecule has 0 radical (unpaired) electrons. The van der Waals surface area contributed by atoms with Crippen LogP contribution in [0.2, 0.25) is 0 Å². The molecule has 0 fully saturated rings. The van der Waals surface area contributed by atoms with E-state index in [0.29, 0.717) is 25.1 Å². The molecule has 8 heteroatoms. The lowest BCUT2D eigenvalue weighted by Gasteiger charge is -2.08. The molecule has 0 aliphatic heterocycles. The van der Waals surface area contributed by atoms with Gasteiger partial charge >= 0.3 is 5.97 Å². The first kappa shape index (κ1) is 17.5. The number of para-hydroxylation sites is 1. The highest BCUT2D eigenvalue weighted by atomic mass is 16.5. The van der Waals surface area contributed by atoms with Crippen molar-refractivity contribution in [1.29, 1.82) is 0 Å². The number of aliphatic carboxylic acids is 1. The Morgan fingerprint density at radius 2 is 2.12 bits per heavy atom. The number of carboxylic acid groups (broad SMARTS) is 1. The van der Waals surface area contributed by atoms with Gasteiger partial charge in [0, 0.05) is 6.42 Å². The number of benzene rings is 1. The van der Waals surface area contributed by atoms with Crippen LogP contribution in [0.4, 0.5) is 0 Å². The molecule has 8 nitrogen and oxygen atoms in total. The first-order valence-electron chi connectivity index (χ1n) is 7.60. The standard InChI is InChI=1S/C16H20N4O4/c1-12-5-2-3-6-14(12)24-8-4-7-15(21)17-9-13-10-20(19-18-13)11-16(22)23/h2-3,5-6,10H,4,7-9,11H2,1H3,(H,17,21)(H,22,23). The van der Waals surface area contributed by atoms with E-state index in [9.17, 15) is 9.59 Å². The lowest BCUT2D eigenvalue weighted by atomic mass is 10.2. The number of nitrogens with zero attached hydrogens (tertiary/aromatic N) is 3. The molecule has 1 aromatic carbocycles. The van der Waals surface area contributed by atoms with Crippen LogP contribution in [0.3, 0.4) is 0 Å². The van der Waals surface area contributed by atoms with Crippen molar-refractivity contribution >= 4 is 11.9 Å². The largest absolute Gasteiger partial charge is 0.493 e. The minimum atomic E-state index is -0.996. The van der Waals surface area contributed by atoms with E-state index in [4.69, 9.17) is 9.84 Å². The van der Waals surface area contributed by atoms with Crippen LogP contribution in [-0.2, 0) is 22.7 Å². The molecule has 1 aromatic heterocycles. The molecule has 1 heterocycles. The van der Waals surface area contributed by atoms with Gasteiger partial charge in [0.25, 0.3) is 0 Å². The van der Waals surface area contributed by atoms with Crippen molar-refractivity contribution in [1.82, 2.24) is 20.3 Å². The zero-order valence-corrected chi connectivity index (χ0v) is 13.4. The quantitative estimate of drug-likeness (QED) is 0.667. The summed E-state index contributed by atoms with van der Waals surface area (Å²) in [4.78, 5) is 22.3. The number of aryl methyl sites for hydroxylation is 1. The molecule has 0 unspecified atom stereocenters. The van der Waals surface area contributed by atoms with Gasteiger partial charge < -0.3 is 15.2 Å². The number of hydrogen-bond donors (Lipinski definition) is 2. The van der Waals surface area contributed by atoms with Crippen LogP contribution in [0.25, 0.3) is 0 Å². The Bertz CT molecular complexity index is 699. The average molecular weight is 332 g/mol. The third-order valence-electron chi connectivity index (χ3n) is 3.25. The number of amides is 1. The van der Waals surface area contributed by atoms with Gasteiger partial charge in [0.15, 0.2) is 0 Å². The predicted molar refractivity (Wildman–Crippen MR) is 85.4 cm³/mol. The molecule has 128 valence electrons. The van der Waals surface area contributed by atoms with Crippen LogP contribution in [0.1, 0.15) is 24.1 Å². The molecule has 0 bridgehead atoms. The van der Waals surface area contributed by atoms with Crippen LogP contribution < -0.4 is 10.1 Å². The highest BCUT2D eigenvalue weighted by Gasteiger charge is 2.07. The number of carbonyl (C=O) groups is 2. The summed E-state index contributed by atoms with van der Waals surface area (Å²) in [5, 5.41) is 18.8. The van der Waals surface area contributed by atoms with Gasteiger partial charge in [-0.1, -0.05) is 23.4 Å².